The summed E-state index contributed by atoms with van der Waals surface area (Å²) in [5.41, 5.74) is 0. The van der Waals surface area contributed by atoms with Crippen molar-refractivity contribution in [3.63, 3.8) is 0 Å². The number of phosphoric acid groups is 1. The first-order chi connectivity index (χ1) is 17.2. The zero-order chi connectivity index (χ0) is 26.8. The number of hydrogen-bond acceptors (Lipinski definition) is 3. The van der Waals surface area contributed by atoms with Crippen molar-refractivity contribution in [2.75, 3.05) is 12.8 Å². The van der Waals surface area contributed by atoms with E-state index in [1.807, 2.05) is 0 Å². The Balaban J connectivity index is 3.08. The molecule has 0 aromatic rings. The Morgan fingerprint density at radius 3 is 0.806 bits per heavy atom. The molecule has 0 spiro atoms. The van der Waals surface area contributed by atoms with E-state index in [-0.39, 0.29) is 12.8 Å². The molecule has 0 fully saturated rings. The third-order valence-electron chi connectivity index (χ3n) is 6.85. The quantitative estimate of drug-likeness (QED) is 0.0535. The molecule has 0 saturated heterocycles. The second-order valence-corrected chi connectivity index (χ2v) is 13.6. The normalized spacial score (nSPS) is 12.4. The van der Waals surface area contributed by atoms with Gasteiger partial charge in [-0.05, 0) is 12.8 Å². The van der Waals surface area contributed by atoms with Crippen molar-refractivity contribution in [3.05, 3.63) is 0 Å². The Bertz CT molecular complexity index is 500. The average Bonchev–Trinajstić information content (AvgIpc) is 2.79. The van der Waals surface area contributed by atoms with Crippen LogP contribution in [0.25, 0.3) is 0 Å². The van der Waals surface area contributed by atoms with Gasteiger partial charge in [0.1, 0.15) is 0 Å². The van der Waals surface area contributed by atoms with Crippen LogP contribution in [0.15, 0.2) is 0 Å². The second kappa shape index (κ2) is 25.5. The third kappa shape index (κ3) is 34.3. The van der Waals surface area contributed by atoms with E-state index in [1.165, 1.54) is 122 Å². The molecule has 4 N–H and O–H groups in total. The van der Waals surface area contributed by atoms with Crippen molar-refractivity contribution in [1.29, 1.82) is 0 Å². The first kappa shape index (κ1) is 36.3. The molecule has 0 aromatic heterocycles. The van der Waals surface area contributed by atoms with E-state index < -0.39 is 15.4 Å². The summed E-state index contributed by atoms with van der Waals surface area (Å²) in [5, 5.41) is 0. The van der Waals surface area contributed by atoms with Crippen molar-refractivity contribution in [3.8, 4) is 0 Å². The minimum atomic E-state index is -4.28. The highest BCUT2D eigenvalue weighted by atomic mass is 31.2. The van der Waals surface area contributed by atoms with Crippen LogP contribution in [-0.2, 0) is 13.7 Å². The van der Waals surface area contributed by atoms with Crippen molar-refractivity contribution in [2.24, 2.45) is 0 Å². The van der Waals surface area contributed by atoms with Crippen LogP contribution in [0, 0.1) is 0 Å². The third-order valence-corrected chi connectivity index (χ3v) is 8.27. The number of unbranched alkanes of at least 4 members (excludes halogenated alkanes) is 24. The Morgan fingerprint density at radius 1 is 0.361 bits per heavy atom. The molecule has 0 aliphatic rings. The van der Waals surface area contributed by atoms with E-state index in [2.05, 4.69) is 4.52 Å². The standard InChI is InChI=1S/C27H58O7P2/c28-35(29,30)27-25-23-21-19-17-15-13-11-9-7-5-3-1-2-4-6-8-10-12-14-16-18-20-22-24-26-34-36(31,32)33/h1-27H2,(H2,28,29,30)(H2,31,32,33). The number of phosphoric ester groups is 1. The molecule has 0 bridgehead atoms. The van der Waals surface area contributed by atoms with Crippen molar-refractivity contribution in [2.45, 2.75) is 161 Å². The molecular weight excluding hydrogens is 498 g/mol. The fourth-order valence-electron chi connectivity index (χ4n) is 4.67. The van der Waals surface area contributed by atoms with E-state index in [4.69, 9.17) is 19.6 Å². The summed E-state index contributed by atoms with van der Waals surface area (Å²) in [4.78, 5) is 34.8. The van der Waals surface area contributed by atoms with Crippen LogP contribution in [-0.4, -0.2) is 32.3 Å². The van der Waals surface area contributed by atoms with Gasteiger partial charge in [0.25, 0.3) is 0 Å². The fourth-order valence-corrected chi connectivity index (χ4v) is 5.67. The molecule has 9 heteroatoms. The lowest BCUT2D eigenvalue weighted by molar-refractivity contribution is 0.193. The molecule has 0 aromatic carbocycles. The molecule has 7 nitrogen and oxygen atoms in total. The lowest BCUT2D eigenvalue weighted by atomic mass is 10.0. The van der Waals surface area contributed by atoms with E-state index in [0.717, 1.165) is 32.1 Å². The molecule has 0 heterocycles. The largest absolute Gasteiger partial charge is 0.469 e. The van der Waals surface area contributed by atoms with Crippen molar-refractivity contribution < 1.29 is 33.2 Å². The zero-order valence-electron chi connectivity index (χ0n) is 23.0. The minimum Gasteiger partial charge on any atom is -0.324 e. The predicted molar refractivity (Wildman–Crippen MR) is 150 cm³/mol. The van der Waals surface area contributed by atoms with Crippen molar-refractivity contribution in [1.82, 2.24) is 0 Å². The predicted octanol–water partition coefficient (Wildman–Crippen LogP) is 9.03. The lowest BCUT2D eigenvalue weighted by Crippen LogP contribution is -1.92. The highest BCUT2D eigenvalue weighted by Gasteiger charge is 2.12. The summed E-state index contributed by atoms with van der Waals surface area (Å²) in [6.07, 6.45) is 30.9. The molecule has 0 radical (unpaired) electrons. The van der Waals surface area contributed by atoms with Gasteiger partial charge in [-0.15, -0.1) is 0 Å². The van der Waals surface area contributed by atoms with Gasteiger partial charge >= 0.3 is 15.4 Å². The van der Waals surface area contributed by atoms with Crippen LogP contribution < -0.4 is 0 Å². The van der Waals surface area contributed by atoms with Gasteiger partial charge in [0.2, 0.25) is 0 Å². The lowest BCUT2D eigenvalue weighted by Gasteiger charge is -2.05. The van der Waals surface area contributed by atoms with E-state index >= 15 is 0 Å². The van der Waals surface area contributed by atoms with Crippen LogP contribution in [0.4, 0.5) is 0 Å². The summed E-state index contributed by atoms with van der Waals surface area (Å²) < 4.78 is 25.8. The number of rotatable bonds is 29. The van der Waals surface area contributed by atoms with Crippen LogP contribution in [0.5, 0.6) is 0 Å². The molecule has 36 heavy (non-hydrogen) atoms. The Hall–Kier alpha value is 0.260. The van der Waals surface area contributed by atoms with Gasteiger partial charge in [-0.1, -0.05) is 148 Å². The highest BCUT2D eigenvalue weighted by Crippen LogP contribution is 2.36. The maximum atomic E-state index is 10.8. The summed E-state index contributed by atoms with van der Waals surface area (Å²) >= 11 is 0. The fraction of sp³-hybridized carbons (Fsp3) is 1.00. The topological polar surface area (TPSA) is 124 Å². The summed E-state index contributed by atoms with van der Waals surface area (Å²) in [5.74, 6) is 0. The maximum Gasteiger partial charge on any atom is 0.469 e. The van der Waals surface area contributed by atoms with Gasteiger partial charge in [-0.25, -0.2) is 4.57 Å². The Kier molecular flexibility index (Phi) is 25.7. The van der Waals surface area contributed by atoms with Crippen LogP contribution in [0.3, 0.4) is 0 Å². The van der Waals surface area contributed by atoms with Crippen molar-refractivity contribution >= 4 is 15.4 Å². The van der Waals surface area contributed by atoms with E-state index in [9.17, 15) is 9.13 Å². The number of hydrogen-bond donors (Lipinski definition) is 4. The van der Waals surface area contributed by atoms with Gasteiger partial charge in [0, 0.05) is 6.16 Å². The minimum absolute atomic E-state index is 0.0447. The van der Waals surface area contributed by atoms with Gasteiger partial charge < -0.3 is 19.6 Å². The summed E-state index contributed by atoms with van der Waals surface area (Å²) in [7, 11) is -8.07. The SMILES string of the molecule is O=P(O)(O)CCCCCCCCCCCCCCCCCCCCCCCCCCCOP(=O)(O)O. The van der Waals surface area contributed by atoms with E-state index in [1.54, 1.807) is 0 Å². The molecule has 0 aliphatic carbocycles. The smallest absolute Gasteiger partial charge is 0.324 e. The first-order valence-corrected chi connectivity index (χ1v) is 18.3. The molecule has 0 atom stereocenters. The molecule has 0 saturated carbocycles. The van der Waals surface area contributed by atoms with Gasteiger partial charge in [-0.2, -0.15) is 0 Å². The summed E-state index contributed by atoms with van der Waals surface area (Å²) in [6.45, 7) is 0.155. The zero-order valence-corrected chi connectivity index (χ0v) is 24.8. The second-order valence-electron chi connectivity index (χ2n) is 10.6. The Labute approximate surface area is 222 Å². The van der Waals surface area contributed by atoms with E-state index in [0.29, 0.717) is 6.42 Å². The first-order valence-electron chi connectivity index (χ1n) is 15.0. The highest BCUT2D eigenvalue weighted by molar-refractivity contribution is 7.51. The summed E-state index contributed by atoms with van der Waals surface area (Å²) in [6, 6.07) is 0. The molecule has 0 rings (SSSR count). The van der Waals surface area contributed by atoms with Crippen LogP contribution >= 0.6 is 15.4 Å². The van der Waals surface area contributed by atoms with Gasteiger partial charge in [0.05, 0.1) is 6.61 Å². The molecule has 0 amide bonds. The monoisotopic (exact) mass is 556 g/mol. The molecule has 0 unspecified atom stereocenters. The van der Waals surface area contributed by atoms with Crippen LogP contribution in [0.2, 0.25) is 0 Å². The maximum absolute atomic E-state index is 10.8. The molecule has 0 aliphatic heterocycles. The van der Waals surface area contributed by atoms with Gasteiger partial charge in [-0.3, -0.25) is 9.09 Å². The molecule has 218 valence electrons. The Morgan fingerprint density at radius 2 is 0.583 bits per heavy atom. The average molecular weight is 557 g/mol. The molecular formula is C27H58O7P2. The van der Waals surface area contributed by atoms with Gasteiger partial charge in [0.15, 0.2) is 0 Å². The van der Waals surface area contributed by atoms with Crippen LogP contribution in [0.1, 0.15) is 161 Å².